The summed E-state index contributed by atoms with van der Waals surface area (Å²) in [6.45, 7) is 3.96. The maximum atomic E-state index is 13.6. The second kappa shape index (κ2) is 9.69. The van der Waals surface area contributed by atoms with Gasteiger partial charge in [0.25, 0.3) is 0 Å². The third-order valence-corrected chi connectivity index (χ3v) is 10.4. The van der Waals surface area contributed by atoms with Crippen molar-refractivity contribution in [1.29, 1.82) is 0 Å². The molecule has 1 unspecified atom stereocenters. The predicted molar refractivity (Wildman–Crippen MR) is 127 cm³/mol. The van der Waals surface area contributed by atoms with Gasteiger partial charge in [-0.25, -0.2) is 21.2 Å². The topological polar surface area (TPSA) is 92.8 Å². The van der Waals surface area contributed by atoms with Gasteiger partial charge in [-0.1, -0.05) is 12.1 Å². The molecule has 1 saturated heterocycles. The molecule has 0 spiro atoms. The van der Waals surface area contributed by atoms with Crippen molar-refractivity contribution >= 4 is 19.7 Å². The SMILES string of the molecule is COc1cc(C)c(C)cc1S(=O)(=O)[C@H]1CS(=O)(=O)C[C@@H]1NCC(c1ccc(F)cc1)N(C)C. The monoisotopic (exact) mass is 498 g/mol. The molecule has 0 saturated carbocycles. The fraction of sp³-hybridized carbons (Fsp3) is 0.478. The zero-order valence-corrected chi connectivity index (χ0v) is 21.1. The Hall–Kier alpha value is -2.01. The first-order valence-electron chi connectivity index (χ1n) is 10.6. The van der Waals surface area contributed by atoms with Crippen LogP contribution in [0.25, 0.3) is 0 Å². The molecule has 182 valence electrons. The third kappa shape index (κ3) is 5.56. The number of halogens is 1. The van der Waals surface area contributed by atoms with Gasteiger partial charge in [0.05, 0.1) is 23.9 Å². The van der Waals surface area contributed by atoms with Crippen molar-refractivity contribution < 1.29 is 26.0 Å². The fourth-order valence-electron chi connectivity index (χ4n) is 4.17. The molecule has 1 heterocycles. The van der Waals surface area contributed by atoms with E-state index in [1.54, 1.807) is 31.2 Å². The van der Waals surface area contributed by atoms with Gasteiger partial charge in [-0.15, -0.1) is 0 Å². The van der Waals surface area contributed by atoms with E-state index >= 15 is 0 Å². The molecule has 0 aromatic heterocycles. The van der Waals surface area contributed by atoms with Crippen molar-refractivity contribution in [1.82, 2.24) is 10.2 Å². The van der Waals surface area contributed by atoms with Crippen LogP contribution in [0.3, 0.4) is 0 Å². The third-order valence-electron chi connectivity index (χ3n) is 6.24. The largest absolute Gasteiger partial charge is 0.495 e. The van der Waals surface area contributed by atoms with Crippen LogP contribution in [0.1, 0.15) is 22.7 Å². The molecule has 1 fully saturated rings. The molecule has 1 aliphatic rings. The molecule has 0 aliphatic carbocycles. The van der Waals surface area contributed by atoms with Gasteiger partial charge in [0, 0.05) is 18.6 Å². The quantitative estimate of drug-likeness (QED) is 0.597. The van der Waals surface area contributed by atoms with E-state index in [-0.39, 0.29) is 28.3 Å². The van der Waals surface area contributed by atoms with E-state index in [1.807, 2.05) is 25.9 Å². The second-order valence-corrected chi connectivity index (χ2v) is 13.1. The van der Waals surface area contributed by atoms with Crippen LogP contribution in [0.4, 0.5) is 4.39 Å². The van der Waals surface area contributed by atoms with Crippen molar-refractivity contribution in [2.75, 3.05) is 39.3 Å². The minimum atomic E-state index is -4.01. The fourth-order valence-corrected chi connectivity index (χ4v) is 9.11. The van der Waals surface area contributed by atoms with Crippen LogP contribution >= 0.6 is 0 Å². The molecule has 0 radical (unpaired) electrons. The van der Waals surface area contributed by atoms with Gasteiger partial charge in [0.1, 0.15) is 16.5 Å². The number of hydrogen-bond donors (Lipinski definition) is 1. The number of methoxy groups -OCH3 is 1. The van der Waals surface area contributed by atoms with Crippen LogP contribution < -0.4 is 10.1 Å². The number of aryl methyl sites for hydroxylation is 2. The maximum Gasteiger partial charge on any atom is 0.187 e. The lowest BCUT2D eigenvalue weighted by Gasteiger charge is -2.28. The van der Waals surface area contributed by atoms with Gasteiger partial charge < -0.3 is 15.0 Å². The van der Waals surface area contributed by atoms with E-state index in [1.165, 1.54) is 19.2 Å². The van der Waals surface area contributed by atoms with E-state index < -0.39 is 36.7 Å². The average Bonchev–Trinajstić information content (AvgIpc) is 3.06. The summed E-state index contributed by atoms with van der Waals surface area (Å²) in [6.07, 6.45) is 0. The Morgan fingerprint density at radius 2 is 1.73 bits per heavy atom. The van der Waals surface area contributed by atoms with E-state index in [0.717, 1.165) is 16.7 Å². The Morgan fingerprint density at radius 1 is 1.12 bits per heavy atom. The van der Waals surface area contributed by atoms with Crippen LogP contribution in [0.2, 0.25) is 0 Å². The van der Waals surface area contributed by atoms with Gasteiger partial charge in [-0.3, -0.25) is 0 Å². The van der Waals surface area contributed by atoms with E-state index in [2.05, 4.69) is 5.32 Å². The highest BCUT2D eigenvalue weighted by Crippen LogP contribution is 2.34. The second-order valence-electron chi connectivity index (χ2n) is 8.79. The van der Waals surface area contributed by atoms with Crippen molar-refractivity contribution in [3.63, 3.8) is 0 Å². The number of rotatable bonds is 8. The molecule has 2 aromatic carbocycles. The first-order valence-corrected chi connectivity index (χ1v) is 14.0. The summed E-state index contributed by atoms with van der Waals surface area (Å²) in [5.41, 5.74) is 2.50. The number of likely N-dealkylation sites (N-methyl/N-ethyl adjacent to an activating group) is 1. The van der Waals surface area contributed by atoms with E-state index in [0.29, 0.717) is 6.54 Å². The Morgan fingerprint density at radius 3 is 2.30 bits per heavy atom. The summed E-state index contributed by atoms with van der Waals surface area (Å²) in [5.74, 6) is -0.863. The molecule has 1 N–H and O–H groups in total. The normalized spacial score (nSPS) is 21.3. The number of nitrogens with zero attached hydrogens (tertiary/aromatic N) is 1. The van der Waals surface area contributed by atoms with Crippen molar-refractivity contribution in [3.8, 4) is 5.75 Å². The molecule has 0 amide bonds. The van der Waals surface area contributed by atoms with Gasteiger partial charge >= 0.3 is 0 Å². The molecule has 33 heavy (non-hydrogen) atoms. The summed E-state index contributed by atoms with van der Waals surface area (Å²) >= 11 is 0. The standard InChI is InChI=1S/C23H31FN2O5S2/c1-15-10-21(31-5)22(11-16(15)2)33(29,30)23-14-32(27,28)13-19(23)25-12-20(26(3)4)17-6-8-18(24)9-7-17/h6-11,19-20,23,25H,12-14H2,1-5H3/t19-,20?,23-/m0/s1. The number of nitrogens with one attached hydrogen (secondary N) is 1. The molecule has 0 bridgehead atoms. The number of hydrogen-bond acceptors (Lipinski definition) is 7. The summed E-state index contributed by atoms with van der Waals surface area (Å²) < 4.78 is 70.9. The van der Waals surface area contributed by atoms with Crippen LogP contribution in [-0.4, -0.2) is 72.3 Å². The molecule has 10 heteroatoms. The smallest absolute Gasteiger partial charge is 0.187 e. The maximum absolute atomic E-state index is 13.6. The number of benzene rings is 2. The van der Waals surface area contributed by atoms with Crippen LogP contribution in [0.5, 0.6) is 5.75 Å². The minimum Gasteiger partial charge on any atom is -0.495 e. The van der Waals surface area contributed by atoms with Gasteiger partial charge in [-0.2, -0.15) is 0 Å². The lowest BCUT2D eigenvalue weighted by molar-refractivity contribution is 0.281. The zero-order chi connectivity index (χ0) is 24.6. The van der Waals surface area contributed by atoms with Crippen molar-refractivity contribution in [3.05, 3.63) is 58.9 Å². The highest BCUT2D eigenvalue weighted by molar-refractivity contribution is 7.96. The predicted octanol–water partition coefficient (Wildman–Crippen LogP) is 2.28. The van der Waals surface area contributed by atoms with E-state index in [4.69, 9.17) is 4.74 Å². The molecular formula is C23H31FN2O5S2. The molecule has 7 nitrogen and oxygen atoms in total. The Bertz CT molecular complexity index is 1210. The average molecular weight is 499 g/mol. The first-order chi connectivity index (χ1) is 15.4. The summed E-state index contributed by atoms with van der Waals surface area (Å²) in [4.78, 5) is 1.92. The Balaban J connectivity index is 1.92. The van der Waals surface area contributed by atoms with Crippen molar-refractivity contribution in [2.24, 2.45) is 0 Å². The molecule has 2 aromatic rings. The van der Waals surface area contributed by atoms with E-state index in [9.17, 15) is 21.2 Å². The van der Waals surface area contributed by atoms with Gasteiger partial charge in [-0.05, 0) is 68.9 Å². The molecule has 3 rings (SSSR count). The Labute approximate surface area is 195 Å². The van der Waals surface area contributed by atoms with Crippen LogP contribution in [-0.2, 0) is 19.7 Å². The van der Waals surface area contributed by atoms with Crippen LogP contribution in [0, 0.1) is 19.7 Å². The van der Waals surface area contributed by atoms with Crippen molar-refractivity contribution in [2.45, 2.75) is 36.1 Å². The summed E-state index contributed by atoms with van der Waals surface area (Å²) in [5, 5.41) is 2.04. The molecule has 3 atom stereocenters. The van der Waals surface area contributed by atoms with Gasteiger partial charge in [0.15, 0.2) is 19.7 Å². The lowest BCUT2D eigenvalue weighted by Crippen LogP contribution is -2.46. The number of ether oxygens (including phenoxy) is 1. The van der Waals surface area contributed by atoms with Crippen LogP contribution in [0.15, 0.2) is 41.3 Å². The lowest BCUT2D eigenvalue weighted by atomic mass is 10.1. The number of sulfone groups is 2. The summed E-state index contributed by atoms with van der Waals surface area (Å²) in [7, 11) is -2.46. The van der Waals surface area contributed by atoms with Gasteiger partial charge in [0.2, 0.25) is 0 Å². The highest BCUT2D eigenvalue weighted by atomic mass is 32.2. The molecule has 1 aliphatic heterocycles. The summed E-state index contributed by atoms with van der Waals surface area (Å²) in [6, 6.07) is 8.29. The minimum absolute atomic E-state index is 0.00435. The molecular weight excluding hydrogens is 467 g/mol. The zero-order valence-electron chi connectivity index (χ0n) is 19.5. The Kier molecular flexibility index (Phi) is 7.52. The highest BCUT2D eigenvalue weighted by Gasteiger charge is 2.46. The first kappa shape index (κ1) is 25.6.